The van der Waals surface area contributed by atoms with Gasteiger partial charge >= 0.3 is 6.18 Å². The molecule has 2 heterocycles. The fourth-order valence-electron chi connectivity index (χ4n) is 3.14. The molecule has 0 spiro atoms. The Morgan fingerprint density at radius 1 is 1.17 bits per heavy atom. The van der Waals surface area contributed by atoms with Gasteiger partial charge in [-0.25, -0.2) is 0 Å². The van der Waals surface area contributed by atoms with Crippen molar-refractivity contribution in [3.8, 4) is 5.75 Å². The topological polar surface area (TPSA) is 71.8 Å². The molecule has 1 aliphatic heterocycles. The molecule has 2 amide bonds. The van der Waals surface area contributed by atoms with Crippen LogP contribution in [0.2, 0.25) is 0 Å². The first-order valence-corrected chi connectivity index (χ1v) is 9.21. The SMILES string of the molecule is O=C(NCc1cccc(OCC(F)(F)F)c1)C1CCN(C(=O)c2ccco2)CC1. The molecule has 1 aliphatic rings. The molecule has 1 aromatic heterocycles. The van der Waals surface area contributed by atoms with E-state index in [0.717, 1.165) is 0 Å². The Kier molecular flexibility index (Phi) is 6.46. The first-order valence-electron chi connectivity index (χ1n) is 9.21. The summed E-state index contributed by atoms with van der Waals surface area (Å²) in [5, 5.41) is 2.80. The van der Waals surface area contributed by atoms with E-state index < -0.39 is 12.8 Å². The number of rotatable bonds is 6. The number of alkyl halides is 3. The number of hydrogen-bond donors (Lipinski definition) is 1. The van der Waals surface area contributed by atoms with Gasteiger partial charge in [0.2, 0.25) is 5.91 Å². The maximum absolute atomic E-state index is 12.4. The van der Waals surface area contributed by atoms with Gasteiger partial charge in [-0.05, 0) is 42.7 Å². The molecule has 1 aromatic carbocycles. The van der Waals surface area contributed by atoms with Gasteiger partial charge in [-0.2, -0.15) is 13.2 Å². The van der Waals surface area contributed by atoms with Crippen molar-refractivity contribution in [3.05, 3.63) is 54.0 Å². The van der Waals surface area contributed by atoms with Gasteiger partial charge in [0, 0.05) is 25.6 Å². The van der Waals surface area contributed by atoms with Crippen molar-refractivity contribution in [1.82, 2.24) is 10.2 Å². The van der Waals surface area contributed by atoms with Gasteiger partial charge in [0.1, 0.15) is 5.75 Å². The lowest BCUT2D eigenvalue weighted by Crippen LogP contribution is -2.42. The highest BCUT2D eigenvalue weighted by Crippen LogP contribution is 2.21. The number of ether oxygens (including phenoxy) is 1. The van der Waals surface area contributed by atoms with E-state index >= 15 is 0 Å². The fraction of sp³-hybridized carbons (Fsp3) is 0.400. The maximum Gasteiger partial charge on any atom is 0.422 e. The zero-order valence-electron chi connectivity index (χ0n) is 15.6. The molecule has 1 saturated heterocycles. The number of carbonyl (C=O) groups excluding carboxylic acids is 2. The van der Waals surface area contributed by atoms with Crippen LogP contribution in [0.15, 0.2) is 47.1 Å². The number of nitrogens with zero attached hydrogens (tertiary/aromatic N) is 1. The van der Waals surface area contributed by atoms with Gasteiger partial charge in [0.25, 0.3) is 5.91 Å². The molecule has 0 bridgehead atoms. The largest absolute Gasteiger partial charge is 0.484 e. The summed E-state index contributed by atoms with van der Waals surface area (Å²) in [5.74, 6) is -0.180. The minimum atomic E-state index is -4.41. The molecule has 0 saturated carbocycles. The van der Waals surface area contributed by atoms with Crippen LogP contribution in [-0.2, 0) is 11.3 Å². The van der Waals surface area contributed by atoms with E-state index in [1.54, 1.807) is 29.2 Å². The van der Waals surface area contributed by atoms with Crippen molar-refractivity contribution in [2.24, 2.45) is 5.92 Å². The van der Waals surface area contributed by atoms with E-state index in [9.17, 15) is 22.8 Å². The highest BCUT2D eigenvalue weighted by atomic mass is 19.4. The van der Waals surface area contributed by atoms with E-state index in [0.29, 0.717) is 31.5 Å². The van der Waals surface area contributed by atoms with Gasteiger partial charge in [0.15, 0.2) is 12.4 Å². The first-order chi connectivity index (χ1) is 13.8. The third-order valence-electron chi connectivity index (χ3n) is 4.65. The number of hydrogen-bond acceptors (Lipinski definition) is 4. The fourth-order valence-corrected chi connectivity index (χ4v) is 3.14. The summed E-state index contributed by atoms with van der Waals surface area (Å²) in [6.45, 7) is -0.261. The Bertz CT molecular complexity index is 829. The second-order valence-electron chi connectivity index (χ2n) is 6.81. The van der Waals surface area contributed by atoms with Crippen LogP contribution in [0.25, 0.3) is 0 Å². The number of furan rings is 1. The number of piperidine rings is 1. The number of nitrogens with one attached hydrogen (secondary N) is 1. The van der Waals surface area contributed by atoms with Crippen molar-refractivity contribution in [1.29, 1.82) is 0 Å². The monoisotopic (exact) mass is 410 g/mol. The maximum atomic E-state index is 12.4. The molecule has 1 N–H and O–H groups in total. The van der Waals surface area contributed by atoms with E-state index in [1.165, 1.54) is 18.4 Å². The van der Waals surface area contributed by atoms with Crippen LogP contribution in [0.1, 0.15) is 29.0 Å². The smallest absolute Gasteiger partial charge is 0.422 e. The molecule has 0 atom stereocenters. The van der Waals surface area contributed by atoms with Gasteiger partial charge in [-0.3, -0.25) is 9.59 Å². The molecule has 156 valence electrons. The van der Waals surface area contributed by atoms with Crippen LogP contribution in [0.3, 0.4) is 0 Å². The molecular formula is C20H21F3N2O4. The third-order valence-corrected chi connectivity index (χ3v) is 4.65. The number of carbonyl (C=O) groups is 2. The van der Waals surface area contributed by atoms with Crippen LogP contribution in [-0.4, -0.2) is 42.6 Å². The molecule has 0 unspecified atom stereocenters. The summed E-state index contributed by atoms with van der Waals surface area (Å²) < 4.78 is 46.6. The average molecular weight is 410 g/mol. The Balaban J connectivity index is 1.45. The Labute approximate surface area is 165 Å². The second kappa shape index (κ2) is 9.02. The van der Waals surface area contributed by atoms with E-state index in [-0.39, 0.29) is 35.8 Å². The van der Waals surface area contributed by atoms with Crippen molar-refractivity contribution < 1.29 is 31.9 Å². The molecule has 3 rings (SSSR count). The highest BCUT2D eigenvalue weighted by Gasteiger charge is 2.29. The zero-order chi connectivity index (χ0) is 20.9. The molecule has 2 aromatic rings. The lowest BCUT2D eigenvalue weighted by molar-refractivity contribution is -0.153. The summed E-state index contributed by atoms with van der Waals surface area (Å²) in [6.07, 6.45) is -1.89. The first kappa shape index (κ1) is 20.8. The molecule has 9 heteroatoms. The molecule has 0 radical (unpaired) electrons. The second-order valence-corrected chi connectivity index (χ2v) is 6.81. The number of benzene rings is 1. The van der Waals surface area contributed by atoms with E-state index in [2.05, 4.69) is 5.32 Å². The van der Waals surface area contributed by atoms with Crippen molar-refractivity contribution >= 4 is 11.8 Å². The average Bonchev–Trinajstić information content (AvgIpc) is 3.25. The van der Waals surface area contributed by atoms with Crippen LogP contribution < -0.4 is 10.1 Å². The lowest BCUT2D eigenvalue weighted by Gasteiger charge is -2.30. The van der Waals surface area contributed by atoms with Crippen molar-refractivity contribution in [3.63, 3.8) is 0 Å². The summed E-state index contributed by atoms with van der Waals surface area (Å²) >= 11 is 0. The van der Waals surface area contributed by atoms with Crippen LogP contribution in [0.4, 0.5) is 13.2 Å². The van der Waals surface area contributed by atoms with Gasteiger partial charge in [-0.15, -0.1) is 0 Å². The number of halogens is 3. The molecule has 6 nitrogen and oxygen atoms in total. The zero-order valence-corrected chi connectivity index (χ0v) is 15.6. The standard InChI is InChI=1S/C20H21F3N2O4/c21-20(22,23)13-29-16-4-1-3-14(11-16)12-24-18(26)15-6-8-25(9-7-15)19(27)17-5-2-10-28-17/h1-5,10-11,15H,6-9,12-13H2,(H,24,26). The third kappa shape index (κ3) is 6.00. The van der Waals surface area contributed by atoms with Gasteiger partial charge < -0.3 is 19.4 Å². The number of likely N-dealkylation sites (tertiary alicyclic amines) is 1. The van der Waals surface area contributed by atoms with Crippen LogP contribution in [0, 0.1) is 5.92 Å². The predicted octanol–water partition coefficient (Wildman–Crippen LogP) is 3.39. The summed E-state index contributed by atoms with van der Waals surface area (Å²) in [5.41, 5.74) is 0.642. The minimum Gasteiger partial charge on any atom is -0.484 e. The van der Waals surface area contributed by atoms with Crippen molar-refractivity contribution in [2.75, 3.05) is 19.7 Å². The summed E-state index contributed by atoms with van der Waals surface area (Å²) in [6, 6.07) is 9.43. The van der Waals surface area contributed by atoms with Gasteiger partial charge in [0.05, 0.1) is 6.26 Å². The van der Waals surface area contributed by atoms with Crippen LogP contribution in [0.5, 0.6) is 5.75 Å². The summed E-state index contributed by atoms with van der Waals surface area (Å²) in [7, 11) is 0. The van der Waals surface area contributed by atoms with Crippen molar-refractivity contribution in [2.45, 2.75) is 25.6 Å². The van der Waals surface area contributed by atoms with Crippen LogP contribution >= 0.6 is 0 Å². The Hall–Kier alpha value is -2.97. The van der Waals surface area contributed by atoms with E-state index in [1.807, 2.05) is 0 Å². The normalized spacial score (nSPS) is 15.2. The Morgan fingerprint density at radius 2 is 1.93 bits per heavy atom. The highest BCUT2D eigenvalue weighted by molar-refractivity contribution is 5.91. The minimum absolute atomic E-state index is 0.0961. The lowest BCUT2D eigenvalue weighted by atomic mass is 9.95. The number of amides is 2. The van der Waals surface area contributed by atoms with E-state index in [4.69, 9.17) is 9.15 Å². The van der Waals surface area contributed by atoms with Gasteiger partial charge in [-0.1, -0.05) is 12.1 Å². The Morgan fingerprint density at radius 3 is 2.59 bits per heavy atom. The molecular weight excluding hydrogens is 389 g/mol. The molecule has 0 aliphatic carbocycles. The summed E-state index contributed by atoms with van der Waals surface area (Å²) in [4.78, 5) is 26.3. The quantitative estimate of drug-likeness (QED) is 0.793. The predicted molar refractivity (Wildman–Crippen MR) is 97.2 cm³/mol. The molecule has 29 heavy (non-hydrogen) atoms. The molecule has 1 fully saturated rings.